The van der Waals surface area contributed by atoms with Crippen LogP contribution in [0.1, 0.15) is 27.0 Å². The van der Waals surface area contributed by atoms with Gasteiger partial charge in [0.2, 0.25) is 0 Å². The molecule has 0 heterocycles. The van der Waals surface area contributed by atoms with Crippen LogP contribution in [0.4, 0.5) is 13.2 Å². The summed E-state index contributed by atoms with van der Waals surface area (Å²) in [5, 5.41) is 0. The lowest BCUT2D eigenvalue weighted by Crippen LogP contribution is -2.08. The van der Waals surface area contributed by atoms with Crippen molar-refractivity contribution in [1.29, 1.82) is 0 Å². The summed E-state index contributed by atoms with van der Waals surface area (Å²) in [6.07, 6.45) is 0. The van der Waals surface area contributed by atoms with Crippen molar-refractivity contribution >= 4 is 5.78 Å². The zero-order valence-corrected chi connectivity index (χ0v) is 10.4. The lowest BCUT2D eigenvalue weighted by molar-refractivity contribution is 0.103. The molecule has 0 atom stereocenters. The highest BCUT2D eigenvalue weighted by Crippen LogP contribution is 2.20. The van der Waals surface area contributed by atoms with Crippen LogP contribution in [0, 0.1) is 31.3 Å². The number of hydrogen-bond donors (Lipinski definition) is 0. The summed E-state index contributed by atoms with van der Waals surface area (Å²) in [4.78, 5) is 12.1. The van der Waals surface area contributed by atoms with E-state index in [-0.39, 0.29) is 16.7 Å². The smallest absolute Gasteiger partial charge is 0.196 e. The average molecular weight is 264 g/mol. The zero-order chi connectivity index (χ0) is 14.2. The van der Waals surface area contributed by atoms with Crippen LogP contribution in [0.2, 0.25) is 0 Å². The first kappa shape index (κ1) is 13.3. The van der Waals surface area contributed by atoms with Gasteiger partial charge in [0.05, 0.1) is 5.56 Å². The Morgan fingerprint density at radius 2 is 1.53 bits per heavy atom. The molecule has 0 aliphatic carbocycles. The third-order valence-corrected chi connectivity index (χ3v) is 2.93. The number of benzene rings is 2. The number of carbonyl (C=O) groups is 1. The highest BCUT2D eigenvalue weighted by molar-refractivity contribution is 6.10. The minimum absolute atomic E-state index is 0.130. The van der Waals surface area contributed by atoms with E-state index in [0.29, 0.717) is 5.56 Å². The summed E-state index contributed by atoms with van der Waals surface area (Å²) in [7, 11) is 0. The van der Waals surface area contributed by atoms with Gasteiger partial charge >= 0.3 is 0 Å². The van der Waals surface area contributed by atoms with Gasteiger partial charge in [-0.2, -0.15) is 0 Å². The number of rotatable bonds is 2. The maximum Gasteiger partial charge on any atom is 0.196 e. The van der Waals surface area contributed by atoms with E-state index in [1.165, 1.54) is 19.1 Å². The van der Waals surface area contributed by atoms with Crippen molar-refractivity contribution in [2.45, 2.75) is 13.8 Å². The Hall–Kier alpha value is -2.10. The molecule has 2 rings (SSSR count). The molecular weight excluding hydrogens is 253 g/mol. The van der Waals surface area contributed by atoms with Gasteiger partial charge in [-0.25, -0.2) is 13.2 Å². The Kier molecular flexibility index (Phi) is 3.42. The van der Waals surface area contributed by atoms with Crippen molar-refractivity contribution < 1.29 is 18.0 Å². The van der Waals surface area contributed by atoms with Gasteiger partial charge in [0.1, 0.15) is 17.5 Å². The van der Waals surface area contributed by atoms with Crippen LogP contribution in [-0.4, -0.2) is 5.78 Å². The lowest BCUT2D eigenvalue weighted by atomic mass is 9.97. The van der Waals surface area contributed by atoms with Gasteiger partial charge in [0.25, 0.3) is 0 Å². The van der Waals surface area contributed by atoms with E-state index < -0.39 is 23.2 Å². The summed E-state index contributed by atoms with van der Waals surface area (Å²) < 4.78 is 40.1. The normalized spacial score (nSPS) is 10.6. The summed E-state index contributed by atoms with van der Waals surface area (Å²) in [5.41, 5.74) is 0.316. The average Bonchev–Trinajstić information content (AvgIpc) is 2.33. The Morgan fingerprint density at radius 1 is 0.842 bits per heavy atom. The van der Waals surface area contributed by atoms with Crippen molar-refractivity contribution in [2.75, 3.05) is 0 Å². The summed E-state index contributed by atoms with van der Waals surface area (Å²) in [6, 6.07) is 5.40. The predicted octanol–water partition coefficient (Wildman–Crippen LogP) is 3.95. The Balaban J connectivity index is 2.53. The van der Waals surface area contributed by atoms with E-state index >= 15 is 0 Å². The second-order valence-electron chi connectivity index (χ2n) is 4.37. The molecule has 2 aromatic rings. The number of halogens is 3. The van der Waals surface area contributed by atoms with E-state index in [0.717, 1.165) is 18.2 Å². The Labute approximate surface area is 108 Å². The number of hydrogen-bond acceptors (Lipinski definition) is 1. The van der Waals surface area contributed by atoms with Crippen LogP contribution < -0.4 is 0 Å². The number of aryl methyl sites for hydroxylation is 2. The van der Waals surface area contributed by atoms with Gasteiger partial charge in [-0.15, -0.1) is 0 Å². The fourth-order valence-electron chi connectivity index (χ4n) is 1.85. The largest absolute Gasteiger partial charge is 0.288 e. The summed E-state index contributed by atoms with van der Waals surface area (Å²) >= 11 is 0. The topological polar surface area (TPSA) is 17.1 Å². The summed E-state index contributed by atoms with van der Waals surface area (Å²) in [5.74, 6) is -2.57. The first-order valence-corrected chi connectivity index (χ1v) is 5.66. The van der Waals surface area contributed by atoms with Crippen molar-refractivity contribution in [1.82, 2.24) is 0 Å². The molecule has 1 nitrogen and oxygen atoms in total. The molecule has 0 unspecified atom stereocenters. The molecule has 0 saturated carbocycles. The van der Waals surface area contributed by atoms with E-state index in [2.05, 4.69) is 0 Å². The van der Waals surface area contributed by atoms with Crippen LogP contribution in [0.3, 0.4) is 0 Å². The molecule has 0 bridgehead atoms. The van der Waals surface area contributed by atoms with Crippen LogP contribution in [0.5, 0.6) is 0 Å². The highest BCUT2D eigenvalue weighted by Gasteiger charge is 2.18. The molecule has 0 aliphatic rings. The zero-order valence-electron chi connectivity index (χ0n) is 10.4. The monoisotopic (exact) mass is 264 g/mol. The van der Waals surface area contributed by atoms with Gasteiger partial charge in [-0.3, -0.25) is 4.79 Å². The first-order chi connectivity index (χ1) is 8.90. The molecule has 4 heteroatoms. The predicted molar refractivity (Wildman–Crippen MR) is 65.7 cm³/mol. The maximum absolute atomic E-state index is 13.7. The fourth-order valence-corrected chi connectivity index (χ4v) is 1.85. The third kappa shape index (κ3) is 2.52. The van der Waals surface area contributed by atoms with Crippen molar-refractivity contribution in [3.8, 4) is 0 Å². The van der Waals surface area contributed by atoms with Crippen molar-refractivity contribution in [3.05, 3.63) is 70.0 Å². The third-order valence-electron chi connectivity index (χ3n) is 2.93. The molecule has 98 valence electrons. The second-order valence-corrected chi connectivity index (χ2v) is 4.37. The molecule has 0 amide bonds. The van der Waals surface area contributed by atoms with Crippen LogP contribution in [0.15, 0.2) is 30.3 Å². The second kappa shape index (κ2) is 4.88. The lowest BCUT2D eigenvalue weighted by Gasteiger charge is -2.07. The van der Waals surface area contributed by atoms with Gasteiger partial charge in [0.15, 0.2) is 5.78 Å². The molecule has 0 aliphatic heterocycles. The highest BCUT2D eigenvalue weighted by atomic mass is 19.1. The van der Waals surface area contributed by atoms with Gasteiger partial charge in [-0.1, -0.05) is 0 Å². The molecule has 2 aromatic carbocycles. The van der Waals surface area contributed by atoms with E-state index in [4.69, 9.17) is 0 Å². The van der Waals surface area contributed by atoms with E-state index in [1.807, 2.05) is 0 Å². The molecule has 0 radical (unpaired) electrons. The Morgan fingerprint density at radius 3 is 2.16 bits per heavy atom. The molecule has 0 fully saturated rings. The van der Waals surface area contributed by atoms with E-state index in [1.54, 1.807) is 6.92 Å². The SMILES string of the molecule is Cc1cc(F)c(C(=O)c2ccc(F)cc2C)cc1F. The number of ketones is 1. The van der Waals surface area contributed by atoms with Crippen LogP contribution in [0.25, 0.3) is 0 Å². The molecule has 19 heavy (non-hydrogen) atoms. The molecule has 0 N–H and O–H groups in total. The van der Waals surface area contributed by atoms with Gasteiger partial charge in [0, 0.05) is 5.56 Å². The standard InChI is InChI=1S/C15H11F3O/c1-8-5-10(16)3-4-11(8)15(19)12-7-13(17)9(2)6-14(12)18/h3-7H,1-2H3. The van der Waals surface area contributed by atoms with Crippen molar-refractivity contribution in [2.24, 2.45) is 0 Å². The fraction of sp³-hybridized carbons (Fsp3) is 0.133. The maximum atomic E-state index is 13.7. The van der Waals surface area contributed by atoms with Crippen molar-refractivity contribution in [3.63, 3.8) is 0 Å². The van der Waals surface area contributed by atoms with Gasteiger partial charge < -0.3 is 0 Å². The van der Waals surface area contributed by atoms with Gasteiger partial charge in [-0.05, 0) is 55.3 Å². The number of carbonyl (C=O) groups excluding carboxylic acids is 1. The molecule has 0 spiro atoms. The summed E-state index contributed by atoms with van der Waals surface area (Å²) in [6.45, 7) is 2.95. The Bertz CT molecular complexity index is 663. The minimum Gasteiger partial charge on any atom is -0.288 e. The van der Waals surface area contributed by atoms with Crippen LogP contribution >= 0.6 is 0 Å². The molecule has 0 saturated heterocycles. The first-order valence-electron chi connectivity index (χ1n) is 5.66. The minimum atomic E-state index is -0.785. The molecular formula is C15H11F3O. The molecule has 0 aromatic heterocycles. The van der Waals surface area contributed by atoms with Crippen LogP contribution in [-0.2, 0) is 0 Å². The quantitative estimate of drug-likeness (QED) is 0.750. The van der Waals surface area contributed by atoms with E-state index in [9.17, 15) is 18.0 Å².